The van der Waals surface area contributed by atoms with Crippen molar-refractivity contribution in [3.8, 4) is 11.5 Å². The maximum absolute atomic E-state index is 13.1. The van der Waals surface area contributed by atoms with Crippen molar-refractivity contribution in [2.75, 3.05) is 6.54 Å². The summed E-state index contributed by atoms with van der Waals surface area (Å²) < 4.78 is 45.4. The molecule has 0 bridgehead atoms. The van der Waals surface area contributed by atoms with Crippen molar-refractivity contribution in [3.63, 3.8) is 0 Å². The Hall–Kier alpha value is -3.02. The highest BCUT2D eigenvalue weighted by Gasteiger charge is 2.42. The molecular formula is C19H21FN2O7S. The molecule has 0 saturated heterocycles. The van der Waals surface area contributed by atoms with Gasteiger partial charge in [-0.05, 0) is 62.4 Å². The van der Waals surface area contributed by atoms with Crippen LogP contribution in [0.1, 0.15) is 20.3 Å². The molecule has 3 N–H and O–H groups in total. The van der Waals surface area contributed by atoms with Crippen molar-refractivity contribution in [3.05, 3.63) is 54.3 Å². The van der Waals surface area contributed by atoms with E-state index in [4.69, 9.17) is 15.1 Å². The molecule has 2 aromatic carbocycles. The smallest absolute Gasteiger partial charge is 0.304 e. The predicted octanol–water partition coefficient (Wildman–Crippen LogP) is 2.37. The van der Waals surface area contributed by atoms with E-state index in [0.29, 0.717) is 10.1 Å². The number of hydroxylamine groups is 1. The molecule has 0 aliphatic heterocycles. The first-order chi connectivity index (χ1) is 14.0. The second-order valence-electron chi connectivity index (χ2n) is 6.75. The first-order valence-electron chi connectivity index (χ1n) is 8.71. The minimum absolute atomic E-state index is 0.210. The maximum atomic E-state index is 13.1. The fraction of sp³-hybridized carbons (Fsp3) is 0.263. The van der Waals surface area contributed by atoms with Crippen LogP contribution in [0.2, 0.25) is 0 Å². The number of hydrogen-bond donors (Lipinski definition) is 3. The number of amides is 1. The average Bonchev–Trinajstić information content (AvgIpc) is 2.69. The molecule has 11 heteroatoms. The van der Waals surface area contributed by atoms with E-state index in [1.807, 2.05) is 0 Å². The maximum Gasteiger partial charge on any atom is 0.304 e. The zero-order valence-electron chi connectivity index (χ0n) is 16.2. The second-order valence-corrected chi connectivity index (χ2v) is 8.61. The zero-order valence-corrected chi connectivity index (χ0v) is 17.0. The fourth-order valence-corrected chi connectivity index (χ4v) is 4.34. The Labute approximate surface area is 172 Å². The number of halogens is 1. The van der Waals surface area contributed by atoms with Gasteiger partial charge in [0.1, 0.15) is 22.9 Å². The Bertz CT molecular complexity index is 1010. The zero-order chi connectivity index (χ0) is 22.5. The summed E-state index contributed by atoms with van der Waals surface area (Å²) in [5.41, 5.74) is -0.373. The van der Waals surface area contributed by atoms with Gasteiger partial charge in [-0.3, -0.25) is 14.8 Å². The van der Waals surface area contributed by atoms with Gasteiger partial charge in [-0.1, -0.05) is 0 Å². The van der Waals surface area contributed by atoms with Crippen LogP contribution in [0.5, 0.6) is 11.5 Å². The molecule has 0 radical (unpaired) electrons. The van der Waals surface area contributed by atoms with Crippen LogP contribution in [0.3, 0.4) is 0 Å². The number of benzene rings is 2. The van der Waals surface area contributed by atoms with Gasteiger partial charge in [0, 0.05) is 6.54 Å². The summed E-state index contributed by atoms with van der Waals surface area (Å²) in [5.74, 6) is -2.08. The monoisotopic (exact) mass is 440 g/mol. The summed E-state index contributed by atoms with van der Waals surface area (Å²) in [6.07, 6.45) is -0.548. The number of carboxylic acids is 1. The van der Waals surface area contributed by atoms with Crippen molar-refractivity contribution >= 4 is 21.9 Å². The van der Waals surface area contributed by atoms with Gasteiger partial charge in [0.2, 0.25) is 10.0 Å². The van der Waals surface area contributed by atoms with Crippen LogP contribution in [0.25, 0.3) is 0 Å². The Morgan fingerprint density at radius 3 is 2.03 bits per heavy atom. The topological polar surface area (TPSA) is 133 Å². The van der Waals surface area contributed by atoms with Crippen molar-refractivity contribution in [2.24, 2.45) is 0 Å². The van der Waals surface area contributed by atoms with Gasteiger partial charge >= 0.3 is 5.97 Å². The van der Waals surface area contributed by atoms with Crippen molar-refractivity contribution in [1.29, 1.82) is 0 Å². The molecule has 0 aliphatic rings. The summed E-state index contributed by atoms with van der Waals surface area (Å²) in [6.45, 7) is 1.99. The Morgan fingerprint density at radius 1 is 1.07 bits per heavy atom. The number of hydrogen-bond acceptors (Lipinski definition) is 6. The average molecular weight is 440 g/mol. The molecule has 9 nitrogen and oxygen atoms in total. The van der Waals surface area contributed by atoms with E-state index in [9.17, 15) is 22.4 Å². The third kappa shape index (κ3) is 5.32. The molecular weight excluding hydrogens is 419 g/mol. The molecule has 2 rings (SSSR count). The summed E-state index contributed by atoms with van der Waals surface area (Å²) in [6, 6.07) is 10.4. The molecule has 0 unspecified atom stereocenters. The lowest BCUT2D eigenvalue weighted by Gasteiger charge is -2.35. The number of ether oxygens (including phenoxy) is 1. The SMILES string of the molecule is CC(C)(C(=O)NO)N(CCC(=O)O)S(=O)(=O)c1ccc(Oc2ccc(F)cc2)cc1. The highest BCUT2D eigenvalue weighted by molar-refractivity contribution is 7.89. The lowest BCUT2D eigenvalue weighted by Crippen LogP contribution is -2.56. The summed E-state index contributed by atoms with van der Waals surface area (Å²) in [5, 5.41) is 17.9. The van der Waals surface area contributed by atoms with Gasteiger partial charge in [-0.2, -0.15) is 4.31 Å². The number of carbonyl (C=O) groups is 2. The molecule has 0 fully saturated rings. The van der Waals surface area contributed by atoms with Crippen LogP contribution in [0.4, 0.5) is 4.39 Å². The molecule has 0 heterocycles. The summed E-state index contributed by atoms with van der Waals surface area (Å²) >= 11 is 0. The third-order valence-corrected chi connectivity index (χ3v) is 6.36. The number of nitrogens with one attached hydrogen (secondary N) is 1. The van der Waals surface area contributed by atoms with E-state index in [1.165, 1.54) is 67.9 Å². The largest absolute Gasteiger partial charge is 0.481 e. The van der Waals surface area contributed by atoms with Gasteiger partial charge in [0.15, 0.2) is 0 Å². The van der Waals surface area contributed by atoms with Crippen LogP contribution < -0.4 is 10.2 Å². The number of carboxylic acid groups (broad SMARTS) is 1. The van der Waals surface area contributed by atoms with Crippen LogP contribution >= 0.6 is 0 Å². The molecule has 162 valence electrons. The standard InChI is InChI=1S/C19H21FN2O7S/c1-19(2,18(25)21-26)22(12-11-17(23)24)30(27,28)16-9-7-15(8-10-16)29-14-5-3-13(20)4-6-14/h3-10,26H,11-12H2,1-2H3,(H,21,25)(H,23,24). The quantitative estimate of drug-likeness (QED) is 0.403. The van der Waals surface area contributed by atoms with Crippen molar-refractivity contribution < 1.29 is 37.4 Å². The van der Waals surface area contributed by atoms with Gasteiger partial charge in [-0.15, -0.1) is 0 Å². The highest BCUT2D eigenvalue weighted by Crippen LogP contribution is 2.28. The van der Waals surface area contributed by atoms with Gasteiger partial charge < -0.3 is 9.84 Å². The molecule has 0 aromatic heterocycles. The van der Waals surface area contributed by atoms with E-state index in [0.717, 1.165) is 0 Å². The number of aliphatic carboxylic acids is 1. The molecule has 0 atom stereocenters. The third-order valence-electron chi connectivity index (χ3n) is 4.27. The van der Waals surface area contributed by atoms with Crippen LogP contribution in [0.15, 0.2) is 53.4 Å². The number of nitrogens with zero attached hydrogens (tertiary/aromatic N) is 1. The number of sulfonamides is 1. The molecule has 0 aliphatic carbocycles. The Morgan fingerprint density at radius 2 is 1.57 bits per heavy atom. The summed E-state index contributed by atoms with van der Waals surface area (Å²) in [4.78, 5) is 22.8. The van der Waals surface area contributed by atoms with Crippen LogP contribution in [-0.4, -0.2) is 47.0 Å². The van der Waals surface area contributed by atoms with E-state index in [1.54, 1.807) is 0 Å². The Balaban J connectivity index is 2.33. The molecule has 0 saturated carbocycles. The molecule has 0 spiro atoms. The minimum atomic E-state index is -4.31. The summed E-state index contributed by atoms with van der Waals surface area (Å²) in [7, 11) is -4.31. The number of carbonyl (C=O) groups excluding carboxylic acids is 1. The first-order valence-corrected chi connectivity index (χ1v) is 10.1. The van der Waals surface area contributed by atoms with Gasteiger partial charge in [0.05, 0.1) is 11.3 Å². The lowest BCUT2D eigenvalue weighted by molar-refractivity contribution is -0.140. The minimum Gasteiger partial charge on any atom is -0.481 e. The van der Waals surface area contributed by atoms with Crippen LogP contribution in [0, 0.1) is 5.82 Å². The van der Waals surface area contributed by atoms with E-state index in [-0.39, 0.29) is 10.6 Å². The van der Waals surface area contributed by atoms with Gasteiger partial charge in [-0.25, -0.2) is 18.3 Å². The van der Waals surface area contributed by atoms with E-state index in [2.05, 4.69) is 0 Å². The van der Waals surface area contributed by atoms with Crippen LogP contribution in [-0.2, 0) is 19.6 Å². The van der Waals surface area contributed by atoms with E-state index >= 15 is 0 Å². The van der Waals surface area contributed by atoms with Crippen molar-refractivity contribution in [2.45, 2.75) is 30.7 Å². The normalized spacial score (nSPS) is 11.9. The van der Waals surface area contributed by atoms with Gasteiger partial charge in [0.25, 0.3) is 5.91 Å². The fourth-order valence-electron chi connectivity index (χ4n) is 2.59. The van der Waals surface area contributed by atoms with E-state index < -0.39 is 46.2 Å². The molecule has 2 aromatic rings. The van der Waals surface area contributed by atoms with Crippen molar-refractivity contribution in [1.82, 2.24) is 9.79 Å². The number of rotatable bonds is 9. The predicted molar refractivity (Wildman–Crippen MR) is 103 cm³/mol. The molecule has 1 amide bonds. The lowest BCUT2D eigenvalue weighted by atomic mass is 10.1. The molecule has 30 heavy (non-hydrogen) atoms. The second kappa shape index (κ2) is 9.20. The highest BCUT2D eigenvalue weighted by atomic mass is 32.2. The Kier molecular flexibility index (Phi) is 7.13. The first kappa shape index (κ1) is 23.3.